The molecule has 0 fully saturated rings. The van der Waals surface area contributed by atoms with E-state index >= 15 is 0 Å². The standard InChI is InChI=1S/C11H14Cl2FNO/c1-2-4-9(15)11(13,16)7-5-3-6-8(14)10(7)12/h3,5-6,9,16H,2,4,15H2,1H3/t9-,11+/m1/s1. The molecule has 0 saturated heterocycles. The molecule has 0 unspecified atom stereocenters. The van der Waals surface area contributed by atoms with E-state index in [1.165, 1.54) is 18.2 Å². The van der Waals surface area contributed by atoms with Crippen LogP contribution in [0.2, 0.25) is 5.02 Å². The van der Waals surface area contributed by atoms with Gasteiger partial charge in [-0.25, -0.2) is 4.39 Å². The second-order valence-corrected chi connectivity index (χ2v) is 4.62. The molecular weight excluding hydrogens is 252 g/mol. The van der Waals surface area contributed by atoms with Crippen LogP contribution in [-0.4, -0.2) is 11.1 Å². The quantitative estimate of drug-likeness (QED) is 0.823. The van der Waals surface area contributed by atoms with E-state index in [0.717, 1.165) is 6.42 Å². The lowest BCUT2D eigenvalue weighted by Gasteiger charge is -2.28. The van der Waals surface area contributed by atoms with Gasteiger partial charge in [-0.2, -0.15) is 0 Å². The average molecular weight is 266 g/mol. The molecule has 0 amide bonds. The van der Waals surface area contributed by atoms with E-state index in [9.17, 15) is 9.50 Å². The van der Waals surface area contributed by atoms with Crippen LogP contribution in [0.15, 0.2) is 18.2 Å². The Hall–Kier alpha value is -0.350. The molecule has 1 aromatic rings. The van der Waals surface area contributed by atoms with Crippen LogP contribution in [0.5, 0.6) is 0 Å². The van der Waals surface area contributed by atoms with Gasteiger partial charge in [0.05, 0.1) is 11.1 Å². The third-order valence-electron chi connectivity index (χ3n) is 2.42. The van der Waals surface area contributed by atoms with Gasteiger partial charge in [-0.15, -0.1) is 0 Å². The molecule has 0 aliphatic heterocycles. The van der Waals surface area contributed by atoms with Crippen molar-refractivity contribution in [1.82, 2.24) is 0 Å². The summed E-state index contributed by atoms with van der Waals surface area (Å²) in [5.74, 6) is -0.623. The van der Waals surface area contributed by atoms with Gasteiger partial charge in [-0.3, -0.25) is 0 Å². The zero-order valence-electron chi connectivity index (χ0n) is 8.88. The van der Waals surface area contributed by atoms with E-state index in [0.29, 0.717) is 6.42 Å². The van der Waals surface area contributed by atoms with Crippen LogP contribution in [-0.2, 0) is 5.06 Å². The molecular formula is C11H14Cl2FNO. The summed E-state index contributed by atoms with van der Waals surface area (Å²) in [4.78, 5) is 0. The van der Waals surface area contributed by atoms with Gasteiger partial charge in [0.25, 0.3) is 0 Å². The molecule has 0 saturated carbocycles. The molecule has 3 N–H and O–H groups in total. The Kier molecular flexibility index (Phi) is 4.56. The van der Waals surface area contributed by atoms with Crippen LogP contribution >= 0.6 is 23.2 Å². The van der Waals surface area contributed by atoms with Gasteiger partial charge in [-0.05, 0) is 12.5 Å². The number of rotatable bonds is 4. The number of nitrogens with two attached hydrogens (primary N) is 1. The van der Waals surface area contributed by atoms with Crippen molar-refractivity contribution in [3.05, 3.63) is 34.6 Å². The van der Waals surface area contributed by atoms with Crippen molar-refractivity contribution in [3.63, 3.8) is 0 Å². The maximum absolute atomic E-state index is 13.2. The van der Waals surface area contributed by atoms with Gasteiger partial charge >= 0.3 is 0 Å². The Bertz CT molecular complexity index is 371. The summed E-state index contributed by atoms with van der Waals surface area (Å²) < 4.78 is 13.2. The first-order valence-electron chi connectivity index (χ1n) is 5.02. The van der Waals surface area contributed by atoms with E-state index in [4.69, 9.17) is 28.9 Å². The maximum atomic E-state index is 13.2. The highest BCUT2D eigenvalue weighted by Gasteiger charge is 2.35. The molecule has 0 aromatic heterocycles. The van der Waals surface area contributed by atoms with Crippen molar-refractivity contribution in [3.8, 4) is 0 Å². The molecule has 1 aromatic carbocycles. The van der Waals surface area contributed by atoms with Crippen LogP contribution in [0.1, 0.15) is 25.3 Å². The summed E-state index contributed by atoms with van der Waals surface area (Å²) in [5, 5.41) is 8.05. The smallest absolute Gasteiger partial charge is 0.181 e. The second-order valence-electron chi connectivity index (χ2n) is 3.67. The van der Waals surface area contributed by atoms with E-state index in [1.54, 1.807) is 0 Å². The molecule has 5 heteroatoms. The zero-order valence-corrected chi connectivity index (χ0v) is 10.4. The molecule has 0 aliphatic carbocycles. The maximum Gasteiger partial charge on any atom is 0.181 e. The Labute approximate surface area is 104 Å². The Balaban J connectivity index is 3.11. The number of aliphatic hydroxyl groups is 1. The lowest BCUT2D eigenvalue weighted by atomic mass is 9.98. The van der Waals surface area contributed by atoms with Crippen molar-refractivity contribution in [1.29, 1.82) is 0 Å². The number of halogens is 3. The van der Waals surface area contributed by atoms with Crippen molar-refractivity contribution in [2.45, 2.75) is 30.9 Å². The molecule has 0 heterocycles. The van der Waals surface area contributed by atoms with Gasteiger partial charge in [0.15, 0.2) is 5.06 Å². The van der Waals surface area contributed by atoms with Crippen molar-refractivity contribution >= 4 is 23.2 Å². The van der Waals surface area contributed by atoms with Crippen LogP contribution in [0.4, 0.5) is 4.39 Å². The van der Waals surface area contributed by atoms with E-state index < -0.39 is 16.9 Å². The third kappa shape index (κ3) is 2.66. The van der Waals surface area contributed by atoms with E-state index in [1.807, 2.05) is 6.92 Å². The van der Waals surface area contributed by atoms with Gasteiger partial charge in [0.2, 0.25) is 0 Å². The third-order valence-corrected chi connectivity index (χ3v) is 3.29. The highest BCUT2D eigenvalue weighted by molar-refractivity contribution is 6.33. The van der Waals surface area contributed by atoms with Crippen LogP contribution in [0, 0.1) is 5.82 Å². The first-order valence-corrected chi connectivity index (χ1v) is 5.78. The van der Waals surface area contributed by atoms with Crippen LogP contribution in [0.3, 0.4) is 0 Å². The van der Waals surface area contributed by atoms with Crippen LogP contribution in [0.25, 0.3) is 0 Å². The normalized spacial score (nSPS) is 16.9. The van der Waals surface area contributed by atoms with Crippen molar-refractivity contribution < 1.29 is 9.50 Å². The SMILES string of the molecule is CCC[C@@H](N)[C@](O)(Cl)c1cccc(F)c1Cl. The fourth-order valence-electron chi connectivity index (χ4n) is 1.48. The topological polar surface area (TPSA) is 46.2 Å². The second kappa shape index (κ2) is 5.32. The predicted octanol–water partition coefficient (Wildman–Crippen LogP) is 2.99. The molecule has 0 radical (unpaired) electrons. The minimum Gasteiger partial charge on any atom is -0.370 e. The molecule has 1 rings (SSSR count). The number of alkyl halides is 1. The summed E-state index contributed by atoms with van der Waals surface area (Å²) in [6, 6.07) is 3.40. The van der Waals surface area contributed by atoms with Gasteiger partial charge in [0, 0.05) is 5.56 Å². The molecule has 2 atom stereocenters. The van der Waals surface area contributed by atoms with Crippen LogP contribution < -0.4 is 5.73 Å². The molecule has 0 aliphatic rings. The molecule has 16 heavy (non-hydrogen) atoms. The Morgan fingerprint density at radius 1 is 1.56 bits per heavy atom. The first-order chi connectivity index (χ1) is 7.41. The summed E-state index contributed by atoms with van der Waals surface area (Å²) in [5.41, 5.74) is 5.86. The number of hydrogen-bond acceptors (Lipinski definition) is 2. The summed E-state index contributed by atoms with van der Waals surface area (Å²) >= 11 is 11.7. The monoisotopic (exact) mass is 265 g/mol. The molecule has 2 nitrogen and oxygen atoms in total. The summed E-state index contributed by atoms with van der Waals surface area (Å²) in [6.07, 6.45) is 1.29. The van der Waals surface area contributed by atoms with Gasteiger partial charge < -0.3 is 10.8 Å². The Morgan fingerprint density at radius 3 is 2.75 bits per heavy atom. The van der Waals surface area contributed by atoms with E-state index in [2.05, 4.69) is 0 Å². The molecule has 0 spiro atoms. The predicted molar refractivity (Wildman–Crippen MR) is 64.0 cm³/mol. The van der Waals surface area contributed by atoms with Gasteiger partial charge in [0.1, 0.15) is 5.82 Å². The number of benzene rings is 1. The molecule has 90 valence electrons. The minimum atomic E-state index is -1.84. The fourth-order valence-corrected chi connectivity index (χ4v) is 2.06. The zero-order chi connectivity index (χ0) is 12.3. The lowest BCUT2D eigenvalue weighted by Crippen LogP contribution is -2.41. The first kappa shape index (κ1) is 13.7. The summed E-state index contributed by atoms with van der Waals surface area (Å²) in [6.45, 7) is 1.92. The number of hydrogen-bond donors (Lipinski definition) is 2. The molecule has 0 bridgehead atoms. The largest absolute Gasteiger partial charge is 0.370 e. The summed E-state index contributed by atoms with van der Waals surface area (Å²) in [7, 11) is 0. The highest BCUT2D eigenvalue weighted by atomic mass is 35.5. The highest BCUT2D eigenvalue weighted by Crippen LogP contribution is 2.36. The van der Waals surface area contributed by atoms with Gasteiger partial charge in [-0.1, -0.05) is 48.7 Å². The van der Waals surface area contributed by atoms with E-state index in [-0.39, 0.29) is 10.6 Å². The Morgan fingerprint density at radius 2 is 2.19 bits per heavy atom. The van der Waals surface area contributed by atoms with Crippen molar-refractivity contribution in [2.24, 2.45) is 5.73 Å². The fraction of sp³-hybridized carbons (Fsp3) is 0.455. The van der Waals surface area contributed by atoms with Crippen molar-refractivity contribution in [2.75, 3.05) is 0 Å². The minimum absolute atomic E-state index is 0.108. The lowest BCUT2D eigenvalue weighted by molar-refractivity contribution is 0.0936. The average Bonchev–Trinajstić information content (AvgIpc) is 2.22.